The lowest BCUT2D eigenvalue weighted by molar-refractivity contribution is -0.117. The zero-order valence-corrected chi connectivity index (χ0v) is 12.2. The van der Waals surface area contributed by atoms with Crippen LogP contribution >= 0.6 is 0 Å². The molecule has 114 valence electrons. The molecule has 23 heavy (non-hydrogen) atoms. The molecule has 2 heterocycles. The minimum Gasteiger partial charge on any atom is -0.324 e. The van der Waals surface area contributed by atoms with E-state index in [9.17, 15) is 9.59 Å². The van der Waals surface area contributed by atoms with Crippen LogP contribution < -0.4 is 10.9 Å². The number of aromatic nitrogens is 3. The Morgan fingerprint density at radius 2 is 1.74 bits per heavy atom. The number of hydrogen-bond acceptors (Lipinski definition) is 4. The predicted molar refractivity (Wildman–Crippen MR) is 86.8 cm³/mol. The number of pyridine rings is 1. The van der Waals surface area contributed by atoms with Gasteiger partial charge < -0.3 is 5.32 Å². The number of nitrogens with one attached hydrogen (secondary N) is 1. The second kappa shape index (κ2) is 6.65. The number of rotatable bonds is 4. The number of anilines is 1. The van der Waals surface area contributed by atoms with E-state index >= 15 is 0 Å². The van der Waals surface area contributed by atoms with Gasteiger partial charge in [0.25, 0.3) is 5.56 Å². The van der Waals surface area contributed by atoms with E-state index in [1.54, 1.807) is 36.5 Å². The van der Waals surface area contributed by atoms with E-state index in [0.29, 0.717) is 17.1 Å². The Morgan fingerprint density at radius 3 is 2.48 bits per heavy atom. The third-order valence-corrected chi connectivity index (χ3v) is 3.14. The van der Waals surface area contributed by atoms with Crippen molar-refractivity contribution in [1.29, 1.82) is 0 Å². The molecular formula is C17H14N4O2. The fourth-order valence-electron chi connectivity index (χ4n) is 2.07. The molecule has 2 aromatic heterocycles. The molecular weight excluding hydrogens is 292 g/mol. The molecule has 3 rings (SSSR count). The summed E-state index contributed by atoms with van der Waals surface area (Å²) in [7, 11) is 0. The van der Waals surface area contributed by atoms with Gasteiger partial charge in [-0.1, -0.05) is 24.3 Å². The molecule has 0 unspecified atom stereocenters. The summed E-state index contributed by atoms with van der Waals surface area (Å²) in [5.74, 6) is -0.316. The smallest absolute Gasteiger partial charge is 0.267 e. The van der Waals surface area contributed by atoms with Crippen molar-refractivity contribution >= 4 is 11.6 Å². The van der Waals surface area contributed by atoms with Crippen LogP contribution in [0.5, 0.6) is 0 Å². The number of para-hydroxylation sites is 1. The number of amides is 1. The predicted octanol–water partition coefficient (Wildman–Crippen LogP) is 1.94. The molecule has 0 aliphatic carbocycles. The van der Waals surface area contributed by atoms with Crippen LogP contribution in [0.2, 0.25) is 0 Å². The summed E-state index contributed by atoms with van der Waals surface area (Å²) in [6, 6.07) is 17.5. The van der Waals surface area contributed by atoms with Gasteiger partial charge in [0.15, 0.2) is 0 Å². The molecule has 3 aromatic rings. The Kier molecular flexibility index (Phi) is 4.24. The molecule has 1 N–H and O–H groups in total. The number of benzene rings is 1. The summed E-state index contributed by atoms with van der Waals surface area (Å²) < 4.78 is 1.13. The van der Waals surface area contributed by atoms with Gasteiger partial charge in [-0.25, -0.2) is 4.68 Å². The van der Waals surface area contributed by atoms with Crippen molar-refractivity contribution in [2.75, 3.05) is 5.32 Å². The third kappa shape index (κ3) is 3.68. The second-order valence-electron chi connectivity index (χ2n) is 4.84. The first-order chi connectivity index (χ1) is 11.2. The Bertz CT molecular complexity index is 861. The van der Waals surface area contributed by atoms with E-state index in [2.05, 4.69) is 15.4 Å². The summed E-state index contributed by atoms with van der Waals surface area (Å²) in [6.07, 6.45) is 1.65. The average Bonchev–Trinajstić information content (AvgIpc) is 2.58. The van der Waals surface area contributed by atoms with Crippen LogP contribution in [0.1, 0.15) is 0 Å². The fraction of sp³-hybridized carbons (Fsp3) is 0.0588. The lowest BCUT2D eigenvalue weighted by Gasteiger charge is -2.08. The van der Waals surface area contributed by atoms with Crippen molar-refractivity contribution in [1.82, 2.24) is 14.8 Å². The van der Waals surface area contributed by atoms with E-state index in [1.807, 2.05) is 24.3 Å². The first-order valence-corrected chi connectivity index (χ1v) is 7.07. The van der Waals surface area contributed by atoms with Crippen LogP contribution in [0, 0.1) is 0 Å². The average molecular weight is 306 g/mol. The number of carbonyl (C=O) groups excluding carboxylic acids is 1. The van der Waals surface area contributed by atoms with Gasteiger partial charge in [0.2, 0.25) is 5.91 Å². The largest absolute Gasteiger partial charge is 0.324 e. The zero-order chi connectivity index (χ0) is 16.1. The summed E-state index contributed by atoms with van der Waals surface area (Å²) >= 11 is 0. The van der Waals surface area contributed by atoms with Gasteiger partial charge in [0.1, 0.15) is 12.2 Å². The maximum Gasteiger partial charge on any atom is 0.267 e. The lowest BCUT2D eigenvalue weighted by atomic mass is 10.2. The van der Waals surface area contributed by atoms with Gasteiger partial charge in [0, 0.05) is 18.0 Å². The number of nitrogens with zero attached hydrogens (tertiary/aromatic N) is 3. The van der Waals surface area contributed by atoms with Gasteiger partial charge in [-0.15, -0.1) is 0 Å². The molecule has 6 nitrogen and oxygen atoms in total. The first-order valence-electron chi connectivity index (χ1n) is 7.07. The van der Waals surface area contributed by atoms with Gasteiger partial charge >= 0.3 is 0 Å². The SMILES string of the molecule is O=C(Cn1nc(-c2ccccn2)ccc1=O)Nc1ccccc1. The molecule has 0 saturated carbocycles. The normalized spacial score (nSPS) is 10.3. The van der Waals surface area contributed by atoms with E-state index in [-0.39, 0.29) is 18.0 Å². The zero-order valence-electron chi connectivity index (χ0n) is 12.2. The minimum absolute atomic E-state index is 0.158. The fourth-order valence-corrected chi connectivity index (χ4v) is 2.07. The molecule has 0 radical (unpaired) electrons. The topological polar surface area (TPSA) is 76.9 Å². The van der Waals surface area contributed by atoms with Crippen molar-refractivity contribution in [2.24, 2.45) is 0 Å². The second-order valence-corrected chi connectivity index (χ2v) is 4.84. The molecule has 0 atom stereocenters. The van der Waals surface area contributed by atoms with Gasteiger partial charge in [-0.05, 0) is 30.3 Å². The summed E-state index contributed by atoms with van der Waals surface area (Å²) in [4.78, 5) is 28.1. The number of hydrogen-bond donors (Lipinski definition) is 1. The van der Waals surface area contributed by atoms with Crippen molar-refractivity contribution in [3.05, 3.63) is 77.2 Å². The van der Waals surface area contributed by atoms with Crippen molar-refractivity contribution in [2.45, 2.75) is 6.54 Å². The Morgan fingerprint density at radius 1 is 0.957 bits per heavy atom. The molecule has 0 spiro atoms. The standard InChI is InChI=1S/C17H14N4O2/c22-16(19-13-6-2-1-3-7-13)12-21-17(23)10-9-15(20-21)14-8-4-5-11-18-14/h1-11H,12H2,(H,19,22). The highest BCUT2D eigenvalue weighted by Crippen LogP contribution is 2.10. The van der Waals surface area contributed by atoms with E-state index in [1.165, 1.54) is 6.07 Å². The van der Waals surface area contributed by atoms with Crippen LogP contribution in [0.15, 0.2) is 71.7 Å². The minimum atomic E-state index is -0.340. The highest BCUT2D eigenvalue weighted by molar-refractivity contribution is 5.90. The van der Waals surface area contributed by atoms with Gasteiger partial charge in [-0.2, -0.15) is 5.10 Å². The van der Waals surface area contributed by atoms with Crippen molar-refractivity contribution in [3.63, 3.8) is 0 Å². The van der Waals surface area contributed by atoms with Crippen LogP contribution in [0.25, 0.3) is 11.4 Å². The van der Waals surface area contributed by atoms with Crippen LogP contribution in [0.3, 0.4) is 0 Å². The lowest BCUT2D eigenvalue weighted by Crippen LogP contribution is -2.29. The Hall–Kier alpha value is -3.28. The molecule has 0 fully saturated rings. The summed E-state index contributed by atoms with van der Waals surface area (Å²) in [5.41, 5.74) is 1.52. The van der Waals surface area contributed by atoms with E-state index in [0.717, 1.165) is 4.68 Å². The maximum absolute atomic E-state index is 12.1. The molecule has 6 heteroatoms. The summed E-state index contributed by atoms with van der Waals surface area (Å²) in [6.45, 7) is -0.158. The Balaban J connectivity index is 1.80. The van der Waals surface area contributed by atoms with Crippen LogP contribution in [-0.4, -0.2) is 20.7 Å². The Labute approximate surface area is 132 Å². The third-order valence-electron chi connectivity index (χ3n) is 3.14. The molecule has 0 saturated heterocycles. The summed E-state index contributed by atoms with van der Waals surface area (Å²) in [5, 5.41) is 6.93. The molecule has 0 aliphatic heterocycles. The number of carbonyl (C=O) groups is 1. The monoisotopic (exact) mass is 306 g/mol. The molecule has 1 aromatic carbocycles. The molecule has 1 amide bonds. The highest BCUT2D eigenvalue weighted by atomic mass is 16.2. The van der Waals surface area contributed by atoms with E-state index < -0.39 is 0 Å². The first kappa shape index (κ1) is 14.6. The quantitative estimate of drug-likeness (QED) is 0.799. The van der Waals surface area contributed by atoms with Crippen LogP contribution in [-0.2, 0) is 11.3 Å². The molecule has 0 aliphatic rings. The van der Waals surface area contributed by atoms with Crippen molar-refractivity contribution in [3.8, 4) is 11.4 Å². The van der Waals surface area contributed by atoms with Crippen LogP contribution in [0.4, 0.5) is 5.69 Å². The maximum atomic E-state index is 12.1. The molecule has 0 bridgehead atoms. The van der Waals surface area contributed by atoms with E-state index in [4.69, 9.17) is 0 Å². The van der Waals surface area contributed by atoms with Gasteiger partial charge in [0.05, 0.1) is 5.69 Å². The van der Waals surface area contributed by atoms with Crippen molar-refractivity contribution < 1.29 is 4.79 Å². The van der Waals surface area contributed by atoms with Gasteiger partial charge in [-0.3, -0.25) is 14.6 Å². The highest BCUT2D eigenvalue weighted by Gasteiger charge is 2.08.